The van der Waals surface area contributed by atoms with Crippen LogP contribution in [0.1, 0.15) is 0 Å². The molecule has 0 aliphatic heterocycles. The number of methoxy groups -OCH3 is 2. The van der Waals surface area contributed by atoms with Crippen molar-refractivity contribution in [3.63, 3.8) is 0 Å². The summed E-state index contributed by atoms with van der Waals surface area (Å²) in [6.45, 7) is 1.15. The summed E-state index contributed by atoms with van der Waals surface area (Å²) in [5, 5.41) is 2.50. The average Bonchev–Trinajstić information content (AvgIpc) is 2.95. The first-order valence-electron chi connectivity index (χ1n) is 5.89. The van der Waals surface area contributed by atoms with Gasteiger partial charge in [-0.05, 0) is 24.3 Å². The molecule has 0 unspecified atom stereocenters. The summed E-state index contributed by atoms with van der Waals surface area (Å²) in [7, 11) is 3.42. The first-order chi connectivity index (χ1) is 8.85. The monoisotopic (exact) mass is 244 g/mol. The van der Waals surface area contributed by atoms with Crippen molar-refractivity contribution in [1.29, 1.82) is 0 Å². The maximum atomic E-state index is 5.19. The maximum absolute atomic E-state index is 5.19. The topological polar surface area (TPSA) is 28.3 Å². The minimum Gasteiger partial charge on any atom is -0.364 e. The molecule has 4 nitrogen and oxygen atoms in total. The van der Waals surface area contributed by atoms with Crippen molar-refractivity contribution < 1.29 is 9.47 Å². The van der Waals surface area contributed by atoms with E-state index in [1.807, 2.05) is 0 Å². The van der Waals surface area contributed by atoms with Gasteiger partial charge in [-0.3, -0.25) is 0 Å². The lowest BCUT2D eigenvalue weighted by Crippen LogP contribution is -1.98. The van der Waals surface area contributed by atoms with Gasteiger partial charge in [-0.15, -0.1) is 0 Å². The SMILES string of the molecule is COCn1ccc2c3ccn(COC)c3ccc21. The van der Waals surface area contributed by atoms with E-state index in [-0.39, 0.29) is 0 Å². The number of nitrogens with zero attached hydrogens (tertiary/aromatic N) is 2. The number of hydrogen-bond acceptors (Lipinski definition) is 2. The lowest BCUT2D eigenvalue weighted by molar-refractivity contribution is 0.134. The Morgan fingerprint density at radius 1 is 0.778 bits per heavy atom. The molecule has 0 aliphatic rings. The molecule has 2 aromatic heterocycles. The number of aromatic nitrogens is 2. The molecule has 0 amide bonds. The van der Waals surface area contributed by atoms with Crippen LogP contribution in [-0.2, 0) is 22.9 Å². The molecule has 0 spiro atoms. The van der Waals surface area contributed by atoms with E-state index in [2.05, 4.69) is 45.8 Å². The predicted molar refractivity (Wildman–Crippen MR) is 71.5 cm³/mol. The summed E-state index contributed by atoms with van der Waals surface area (Å²) < 4.78 is 14.6. The summed E-state index contributed by atoms with van der Waals surface area (Å²) in [5.41, 5.74) is 2.39. The van der Waals surface area contributed by atoms with Crippen molar-refractivity contribution in [2.45, 2.75) is 13.5 Å². The van der Waals surface area contributed by atoms with Gasteiger partial charge in [0.25, 0.3) is 0 Å². The van der Waals surface area contributed by atoms with Gasteiger partial charge in [-0.1, -0.05) is 0 Å². The van der Waals surface area contributed by atoms with Crippen molar-refractivity contribution in [2.75, 3.05) is 14.2 Å². The molecule has 0 bridgehead atoms. The molecule has 94 valence electrons. The van der Waals surface area contributed by atoms with Crippen LogP contribution in [0.3, 0.4) is 0 Å². The van der Waals surface area contributed by atoms with Gasteiger partial charge in [0.15, 0.2) is 0 Å². The fourth-order valence-electron chi connectivity index (χ4n) is 2.46. The highest BCUT2D eigenvalue weighted by molar-refractivity contribution is 6.05. The van der Waals surface area contributed by atoms with E-state index in [0.29, 0.717) is 13.5 Å². The number of benzene rings is 1. The Hall–Kier alpha value is -1.78. The van der Waals surface area contributed by atoms with Crippen LogP contribution in [0.4, 0.5) is 0 Å². The van der Waals surface area contributed by atoms with E-state index in [1.54, 1.807) is 14.2 Å². The van der Waals surface area contributed by atoms with Crippen LogP contribution in [0, 0.1) is 0 Å². The van der Waals surface area contributed by atoms with Gasteiger partial charge in [-0.25, -0.2) is 0 Å². The van der Waals surface area contributed by atoms with Crippen LogP contribution in [0.5, 0.6) is 0 Å². The Morgan fingerprint density at radius 2 is 1.22 bits per heavy atom. The van der Waals surface area contributed by atoms with Crippen LogP contribution < -0.4 is 0 Å². The quantitative estimate of drug-likeness (QED) is 0.706. The molecule has 1 aromatic carbocycles. The first kappa shape index (κ1) is 11.3. The van der Waals surface area contributed by atoms with E-state index >= 15 is 0 Å². The van der Waals surface area contributed by atoms with Gasteiger partial charge in [0, 0.05) is 37.4 Å². The highest BCUT2D eigenvalue weighted by atomic mass is 16.5. The smallest absolute Gasteiger partial charge is 0.122 e. The average molecular weight is 244 g/mol. The van der Waals surface area contributed by atoms with Gasteiger partial charge < -0.3 is 18.6 Å². The molecule has 0 N–H and O–H groups in total. The van der Waals surface area contributed by atoms with Crippen molar-refractivity contribution >= 4 is 21.8 Å². The number of hydrogen-bond donors (Lipinski definition) is 0. The third-order valence-electron chi connectivity index (χ3n) is 3.24. The molecule has 0 saturated heterocycles. The zero-order valence-electron chi connectivity index (χ0n) is 10.6. The molecule has 4 heteroatoms. The summed E-state index contributed by atoms with van der Waals surface area (Å²) >= 11 is 0. The molecule has 0 aliphatic carbocycles. The Labute approximate surface area is 105 Å². The van der Waals surface area contributed by atoms with Crippen LogP contribution in [-0.4, -0.2) is 23.4 Å². The standard InChI is InChI=1S/C14H16N2O2/c1-17-9-15-7-5-11-12-6-8-16(10-18-2)14(12)4-3-13(11)15/h3-8H,9-10H2,1-2H3. The first-order valence-corrected chi connectivity index (χ1v) is 5.89. The molecular formula is C14H16N2O2. The molecule has 3 rings (SSSR count). The Kier molecular flexibility index (Phi) is 2.81. The molecule has 0 fully saturated rings. The summed E-state index contributed by atoms with van der Waals surface area (Å²) in [4.78, 5) is 0. The van der Waals surface area contributed by atoms with Crippen molar-refractivity contribution in [1.82, 2.24) is 9.13 Å². The Bertz CT molecular complexity index is 622. The molecule has 0 radical (unpaired) electrons. The Balaban J connectivity index is 2.21. The van der Waals surface area contributed by atoms with Gasteiger partial charge in [-0.2, -0.15) is 0 Å². The second kappa shape index (κ2) is 4.48. The van der Waals surface area contributed by atoms with E-state index in [9.17, 15) is 0 Å². The van der Waals surface area contributed by atoms with Gasteiger partial charge in [0.2, 0.25) is 0 Å². The largest absolute Gasteiger partial charge is 0.364 e. The molecule has 0 saturated carbocycles. The van der Waals surface area contributed by atoms with E-state index in [0.717, 1.165) is 0 Å². The minimum absolute atomic E-state index is 0.577. The highest BCUT2D eigenvalue weighted by Gasteiger charge is 2.07. The third-order valence-corrected chi connectivity index (χ3v) is 3.24. The second-order valence-corrected chi connectivity index (χ2v) is 4.34. The minimum atomic E-state index is 0.577. The number of ether oxygens (including phenoxy) is 2. The lowest BCUT2D eigenvalue weighted by atomic mass is 10.2. The summed E-state index contributed by atoms with van der Waals surface area (Å²) in [5.74, 6) is 0. The van der Waals surface area contributed by atoms with Crippen LogP contribution >= 0.6 is 0 Å². The van der Waals surface area contributed by atoms with Crippen molar-refractivity contribution in [3.05, 3.63) is 36.7 Å². The zero-order chi connectivity index (χ0) is 12.5. The molecule has 3 aromatic rings. The predicted octanol–water partition coefficient (Wildman–Crippen LogP) is 2.80. The molecule has 0 atom stereocenters. The van der Waals surface area contributed by atoms with Crippen LogP contribution in [0.2, 0.25) is 0 Å². The van der Waals surface area contributed by atoms with Crippen molar-refractivity contribution in [3.8, 4) is 0 Å². The van der Waals surface area contributed by atoms with E-state index in [4.69, 9.17) is 9.47 Å². The normalized spacial score (nSPS) is 11.7. The van der Waals surface area contributed by atoms with Crippen molar-refractivity contribution in [2.24, 2.45) is 0 Å². The molecular weight excluding hydrogens is 228 g/mol. The van der Waals surface area contributed by atoms with Gasteiger partial charge >= 0.3 is 0 Å². The summed E-state index contributed by atoms with van der Waals surface area (Å²) in [6, 6.07) is 8.52. The fourth-order valence-corrected chi connectivity index (χ4v) is 2.46. The Morgan fingerprint density at radius 3 is 1.61 bits per heavy atom. The molecule has 2 heterocycles. The van der Waals surface area contributed by atoms with Crippen LogP contribution in [0.25, 0.3) is 21.8 Å². The highest BCUT2D eigenvalue weighted by Crippen LogP contribution is 2.27. The zero-order valence-corrected chi connectivity index (χ0v) is 10.6. The number of fused-ring (bicyclic) bond motifs is 3. The lowest BCUT2D eigenvalue weighted by Gasteiger charge is -2.05. The second-order valence-electron chi connectivity index (χ2n) is 4.34. The molecule has 18 heavy (non-hydrogen) atoms. The van der Waals surface area contributed by atoms with E-state index < -0.39 is 0 Å². The van der Waals surface area contributed by atoms with E-state index in [1.165, 1.54) is 21.8 Å². The maximum Gasteiger partial charge on any atom is 0.122 e. The van der Waals surface area contributed by atoms with Gasteiger partial charge in [0.1, 0.15) is 13.5 Å². The van der Waals surface area contributed by atoms with Gasteiger partial charge in [0.05, 0.1) is 11.0 Å². The fraction of sp³-hybridized carbons (Fsp3) is 0.286. The van der Waals surface area contributed by atoms with Crippen LogP contribution in [0.15, 0.2) is 36.7 Å². The number of rotatable bonds is 4. The summed E-state index contributed by atoms with van der Waals surface area (Å²) in [6.07, 6.45) is 4.11. The third kappa shape index (κ3) is 1.62.